The van der Waals surface area contributed by atoms with Gasteiger partial charge in [0.15, 0.2) is 5.65 Å². The molecule has 0 aliphatic heterocycles. The molecule has 2 aromatic carbocycles. The van der Waals surface area contributed by atoms with Crippen LogP contribution >= 0.6 is 0 Å². The highest BCUT2D eigenvalue weighted by Gasteiger charge is 2.17. The number of nitrogens with zero attached hydrogens (tertiary/aromatic N) is 5. The van der Waals surface area contributed by atoms with Gasteiger partial charge in [0.2, 0.25) is 5.95 Å². The summed E-state index contributed by atoms with van der Waals surface area (Å²) in [5, 5.41) is 11.6. The molecule has 2 N–H and O–H groups in total. The maximum Gasteiger partial charge on any atom is 0.263 e. The van der Waals surface area contributed by atoms with Gasteiger partial charge in [-0.2, -0.15) is 19.9 Å². The summed E-state index contributed by atoms with van der Waals surface area (Å²) < 4.78 is 16.4. The number of anilines is 1. The van der Waals surface area contributed by atoms with Crippen LogP contribution in [0.15, 0.2) is 71.7 Å². The average molecular weight is 429 g/mol. The molecule has 9 nitrogen and oxygen atoms in total. The molecule has 0 fully saturated rings. The zero-order valence-corrected chi connectivity index (χ0v) is 16.8. The van der Waals surface area contributed by atoms with Crippen molar-refractivity contribution in [3.05, 3.63) is 94.3 Å². The number of fused-ring (bicyclic) bond motifs is 1. The van der Waals surface area contributed by atoms with Crippen molar-refractivity contribution in [1.29, 1.82) is 0 Å². The molecule has 0 aliphatic carbocycles. The highest BCUT2D eigenvalue weighted by Crippen LogP contribution is 2.18. The summed E-state index contributed by atoms with van der Waals surface area (Å²) in [5.41, 5.74) is 1.41. The number of aryl methyl sites for hydroxylation is 1. The number of aromatic nitrogens is 6. The molecule has 158 valence electrons. The molecule has 5 rings (SSSR count). The number of rotatable bonds is 4. The molecule has 10 heteroatoms. The van der Waals surface area contributed by atoms with Gasteiger partial charge in [0, 0.05) is 11.6 Å². The molecule has 5 aromatic rings. The van der Waals surface area contributed by atoms with Crippen LogP contribution in [0.3, 0.4) is 0 Å². The lowest BCUT2D eigenvalue weighted by Crippen LogP contribution is -2.19. The van der Waals surface area contributed by atoms with E-state index >= 15 is 0 Å². The van der Waals surface area contributed by atoms with Gasteiger partial charge in [-0.25, -0.2) is 9.07 Å². The molecule has 0 saturated carbocycles. The fraction of sp³-hybridized carbons (Fsp3) is 0.0455. The maximum absolute atomic E-state index is 13.5. The standard InChI is InChI=1S/C22H16FN7O2/c1-13-10-18(25-20(31)14-6-5-7-15(23)11-14)30(28-13)22-26-19-17(21(32)27-22)12-24-29(19)16-8-3-2-4-9-16/h2-12H,1H3,(H,25,31)(H,26,27,32). The minimum absolute atomic E-state index is 0.0998. The molecule has 0 bridgehead atoms. The van der Waals surface area contributed by atoms with Crippen molar-refractivity contribution in [1.82, 2.24) is 29.5 Å². The quantitative estimate of drug-likeness (QED) is 0.456. The Labute approximate surface area is 180 Å². The van der Waals surface area contributed by atoms with Gasteiger partial charge in [0.1, 0.15) is 17.0 Å². The number of benzene rings is 2. The van der Waals surface area contributed by atoms with Crippen molar-refractivity contribution < 1.29 is 9.18 Å². The number of halogens is 1. The molecule has 32 heavy (non-hydrogen) atoms. The number of H-pyrrole nitrogens is 1. The van der Waals surface area contributed by atoms with Crippen molar-refractivity contribution in [2.75, 3.05) is 5.32 Å². The normalized spacial score (nSPS) is 11.1. The summed E-state index contributed by atoms with van der Waals surface area (Å²) in [4.78, 5) is 32.5. The number of nitrogens with one attached hydrogen (secondary N) is 2. The SMILES string of the molecule is Cc1cc(NC(=O)c2cccc(F)c2)n(-c2nc3c(cnn3-c3ccccc3)c(=O)[nH]2)n1. The molecule has 0 radical (unpaired) electrons. The van der Waals surface area contributed by atoms with Gasteiger partial charge < -0.3 is 5.32 Å². The Morgan fingerprint density at radius 3 is 2.66 bits per heavy atom. The van der Waals surface area contributed by atoms with E-state index in [1.54, 1.807) is 17.7 Å². The number of hydrogen-bond donors (Lipinski definition) is 2. The third-order valence-corrected chi connectivity index (χ3v) is 4.79. The average Bonchev–Trinajstić information content (AvgIpc) is 3.38. The first-order valence-electron chi connectivity index (χ1n) is 9.67. The number of para-hydroxylation sites is 1. The lowest BCUT2D eigenvalue weighted by atomic mass is 10.2. The molecule has 3 aromatic heterocycles. The van der Waals surface area contributed by atoms with Gasteiger partial charge in [0.25, 0.3) is 11.5 Å². The molecule has 1 amide bonds. The van der Waals surface area contributed by atoms with E-state index in [9.17, 15) is 14.0 Å². The minimum atomic E-state index is -0.525. The van der Waals surface area contributed by atoms with E-state index in [2.05, 4.69) is 25.5 Å². The van der Waals surface area contributed by atoms with Crippen molar-refractivity contribution in [2.24, 2.45) is 0 Å². The molecular formula is C22H16FN7O2. The second kappa shape index (κ2) is 7.58. The number of carbonyl (C=O) groups is 1. The second-order valence-corrected chi connectivity index (χ2v) is 7.07. The van der Waals surface area contributed by atoms with Crippen molar-refractivity contribution >= 4 is 22.8 Å². The summed E-state index contributed by atoms with van der Waals surface area (Å²) in [5.74, 6) is -0.677. The zero-order chi connectivity index (χ0) is 22.2. The highest BCUT2D eigenvalue weighted by molar-refractivity contribution is 6.03. The lowest BCUT2D eigenvalue weighted by molar-refractivity contribution is 0.102. The van der Waals surface area contributed by atoms with Crippen LogP contribution in [-0.2, 0) is 0 Å². The van der Waals surface area contributed by atoms with Crippen LogP contribution < -0.4 is 10.9 Å². The van der Waals surface area contributed by atoms with Crippen LogP contribution in [0.2, 0.25) is 0 Å². The second-order valence-electron chi connectivity index (χ2n) is 7.07. The van der Waals surface area contributed by atoms with Crippen LogP contribution in [-0.4, -0.2) is 35.4 Å². The number of amides is 1. The Bertz CT molecular complexity index is 1520. The van der Waals surface area contributed by atoms with Gasteiger partial charge in [-0.05, 0) is 37.3 Å². The number of aromatic amines is 1. The fourth-order valence-electron chi connectivity index (χ4n) is 3.33. The van der Waals surface area contributed by atoms with Gasteiger partial charge >= 0.3 is 0 Å². The molecule has 0 atom stereocenters. The Morgan fingerprint density at radius 1 is 1.06 bits per heavy atom. The lowest BCUT2D eigenvalue weighted by Gasteiger charge is -2.09. The Balaban J connectivity index is 1.59. The predicted octanol–water partition coefficient (Wildman–Crippen LogP) is 2.99. The molecule has 0 saturated heterocycles. The summed E-state index contributed by atoms with van der Waals surface area (Å²) in [6.07, 6.45) is 1.44. The van der Waals surface area contributed by atoms with E-state index in [0.29, 0.717) is 16.7 Å². The van der Waals surface area contributed by atoms with E-state index in [1.807, 2.05) is 30.3 Å². The molecule has 0 aliphatic rings. The van der Waals surface area contributed by atoms with E-state index < -0.39 is 17.3 Å². The van der Waals surface area contributed by atoms with E-state index in [4.69, 9.17) is 0 Å². The first kappa shape index (κ1) is 19.4. The van der Waals surface area contributed by atoms with Crippen LogP contribution in [0, 0.1) is 12.7 Å². The maximum atomic E-state index is 13.5. The first-order chi connectivity index (χ1) is 15.5. The highest BCUT2D eigenvalue weighted by atomic mass is 19.1. The van der Waals surface area contributed by atoms with Crippen molar-refractivity contribution in [3.63, 3.8) is 0 Å². The smallest absolute Gasteiger partial charge is 0.263 e. The minimum Gasteiger partial charge on any atom is -0.306 e. The molecule has 0 unspecified atom stereocenters. The Morgan fingerprint density at radius 2 is 1.88 bits per heavy atom. The van der Waals surface area contributed by atoms with Gasteiger partial charge in [0.05, 0.1) is 17.6 Å². The molecule has 0 spiro atoms. The van der Waals surface area contributed by atoms with E-state index in [1.165, 1.54) is 29.1 Å². The van der Waals surface area contributed by atoms with Gasteiger partial charge in [-0.3, -0.25) is 14.6 Å². The Kier molecular flexibility index (Phi) is 4.59. The largest absolute Gasteiger partial charge is 0.306 e. The van der Waals surface area contributed by atoms with Crippen molar-refractivity contribution in [3.8, 4) is 11.6 Å². The van der Waals surface area contributed by atoms with Crippen LogP contribution in [0.5, 0.6) is 0 Å². The van der Waals surface area contributed by atoms with Crippen LogP contribution in [0.25, 0.3) is 22.7 Å². The predicted molar refractivity (Wildman–Crippen MR) is 116 cm³/mol. The monoisotopic (exact) mass is 429 g/mol. The number of hydrogen-bond acceptors (Lipinski definition) is 5. The summed E-state index contributed by atoms with van der Waals surface area (Å²) in [7, 11) is 0. The summed E-state index contributed by atoms with van der Waals surface area (Å²) >= 11 is 0. The summed E-state index contributed by atoms with van der Waals surface area (Å²) in [6, 6.07) is 16.2. The Hall–Kier alpha value is -4.60. The molecule has 3 heterocycles. The van der Waals surface area contributed by atoms with Crippen molar-refractivity contribution in [2.45, 2.75) is 6.92 Å². The summed E-state index contributed by atoms with van der Waals surface area (Å²) in [6.45, 7) is 1.74. The third-order valence-electron chi connectivity index (χ3n) is 4.79. The topological polar surface area (TPSA) is 110 Å². The third kappa shape index (κ3) is 3.43. The van der Waals surface area contributed by atoms with Crippen LogP contribution in [0.4, 0.5) is 10.2 Å². The fourth-order valence-corrected chi connectivity index (χ4v) is 3.33. The van der Waals surface area contributed by atoms with Gasteiger partial charge in [-0.1, -0.05) is 24.3 Å². The van der Waals surface area contributed by atoms with E-state index in [-0.39, 0.29) is 17.3 Å². The molecular weight excluding hydrogens is 413 g/mol. The number of carbonyl (C=O) groups excluding carboxylic acids is 1. The van der Waals surface area contributed by atoms with E-state index in [0.717, 1.165) is 11.8 Å². The van der Waals surface area contributed by atoms with Crippen LogP contribution in [0.1, 0.15) is 16.1 Å². The first-order valence-corrected chi connectivity index (χ1v) is 9.67. The zero-order valence-electron chi connectivity index (χ0n) is 16.8. The van der Waals surface area contributed by atoms with Gasteiger partial charge in [-0.15, -0.1) is 0 Å².